The molecule has 0 radical (unpaired) electrons. The molecule has 216 valence electrons. The molecule has 1 aliphatic heterocycles. The number of rotatable bonds is 3. The van der Waals surface area contributed by atoms with Crippen LogP contribution < -0.4 is 0 Å². The van der Waals surface area contributed by atoms with Gasteiger partial charge in [0.2, 0.25) is 0 Å². The van der Waals surface area contributed by atoms with Gasteiger partial charge >= 0.3 is 0 Å². The van der Waals surface area contributed by atoms with E-state index in [1.165, 1.54) is 43.8 Å². The van der Waals surface area contributed by atoms with Gasteiger partial charge in [-0.1, -0.05) is 97.1 Å². The quantitative estimate of drug-likeness (QED) is 0.206. The average Bonchev–Trinajstić information content (AvgIpc) is 3.65. The number of fused-ring (bicyclic) bond motifs is 7. The minimum atomic E-state index is -0.302. The lowest BCUT2D eigenvalue weighted by Crippen LogP contribution is -2.35. The molecule has 10 rings (SSSR count). The molecule has 1 unspecified atom stereocenters. The number of nitrogens with zero attached hydrogens (tertiary/aromatic N) is 4. The fourth-order valence-corrected chi connectivity index (χ4v) is 7.38. The van der Waals surface area contributed by atoms with Crippen molar-refractivity contribution in [1.82, 2.24) is 9.88 Å². The summed E-state index contributed by atoms with van der Waals surface area (Å²) in [5.41, 5.74) is 9.60. The van der Waals surface area contributed by atoms with Crippen molar-refractivity contribution in [3.05, 3.63) is 150 Å². The van der Waals surface area contributed by atoms with E-state index >= 15 is 0 Å². The Hall–Kier alpha value is -6.07. The van der Waals surface area contributed by atoms with E-state index in [0.29, 0.717) is 5.84 Å². The van der Waals surface area contributed by atoms with Crippen molar-refractivity contribution < 1.29 is 4.42 Å². The van der Waals surface area contributed by atoms with Crippen LogP contribution in [0.5, 0.6) is 0 Å². The molecule has 46 heavy (non-hydrogen) atoms. The summed E-state index contributed by atoms with van der Waals surface area (Å²) in [5, 5.41) is 6.91. The van der Waals surface area contributed by atoms with Crippen LogP contribution in [0, 0.1) is 0 Å². The molecule has 0 spiro atoms. The van der Waals surface area contributed by atoms with Gasteiger partial charge in [-0.25, -0.2) is 9.98 Å². The van der Waals surface area contributed by atoms with E-state index in [-0.39, 0.29) is 6.17 Å². The molecule has 0 saturated carbocycles. The normalized spacial score (nSPS) is 15.5. The lowest BCUT2D eigenvalue weighted by atomic mass is 9.98. The van der Waals surface area contributed by atoms with Gasteiger partial charge in [0.1, 0.15) is 11.4 Å². The van der Waals surface area contributed by atoms with Crippen molar-refractivity contribution >= 4 is 55.2 Å². The molecule has 8 aromatic rings. The maximum atomic E-state index is 6.24. The maximum Gasteiger partial charge on any atom is 0.159 e. The van der Waals surface area contributed by atoms with Crippen LogP contribution in [0.25, 0.3) is 65.7 Å². The van der Waals surface area contributed by atoms with Crippen LogP contribution in [-0.4, -0.2) is 28.6 Å². The minimum absolute atomic E-state index is 0.302. The molecular weight excluding hydrogens is 564 g/mol. The van der Waals surface area contributed by atoms with Crippen LogP contribution in [0.15, 0.2) is 148 Å². The summed E-state index contributed by atoms with van der Waals surface area (Å²) in [4.78, 5) is 17.5. The Bertz CT molecular complexity index is 2630. The predicted molar refractivity (Wildman–Crippen MR) is 187 cm³/mol. The van der Waals surface area contributed by atoms with Crippen molar-refractivity contribution in [2.45, 2.75) is 6.17 Å². The summed E-state index contributed by atoms with van der Waals surface area (Å²) in [6.07, 6.45) is 3.39. The molecule has 1 atom stereocenters. The number of pyridine rings is 1. The van der Waals surface area contributed by atoms with Crippen LogP contribution >= 0.6 is 0 Å². The van der Waals surface area contributed by atoms with Crippen molar-refractivity contribution in [2.24, 2.45) is 9.98 Å². The Labute approximate surface area is 264 Å². The molecule has 3 heterocycles. The van der Waals surface area contributed by atoms with Crippen LogP contribution in [0.3, 0.4) is 0 Å². The predicted octanol–water partition coefficient (Wildman–Crippen LogP) is 9.77. The van der Waals surface area contributed by atoms with E-state index in [1.54, 1.807) is 6.20 Å². The Balaban J connectivity index is 1.23. The maximum absolute atomic E-state index is 6.24. The van der Waals surface area contributed by atoms with E-state index in [9.17, 15) is 0 Å². The van der Waals surface area contributed by atoms with Crippen LogP contribution in [0.4, 0.5) is 0 Å². The van der Waals surface area contributed by atoms with Crippen molar-refractivity contribution in [3.8, 4) is 22.3 Å². The molecule has 5 heteroatoms. The van der Waals surface area contributed by atoms with Crippen molar-refractivity contribution in [1.29, 1.82) is 0 Å². The molecule has 0 amide bonds. The summed E-state index contributed by atoms with van der Waals surface area (Å²) in [6, 6.07) is 42.9. The van der Waals surface area contributed by atoms with Crippen LogP contribution in [0.1, 0.15) is 22.9 Å². The molecule has 0 N–H and O–H groups in total. The lowest BCUT2D eigenvalue weighted by molar-refractivity contribution is 0.383. The number of hydrogen-bond acceptors (Lipinski definition) is 5. The van der Waals surface area contributed by atoms with Gasteiger partial charge in [-0.05, 0) is 73.6 Å². The number of amidine groups is 2. The third kappa shape index (κ3) is 3.60. The molecule has 6 aromatic carbocycles. The Morgan fingerprint density at radius 1 is 0.587 bits per heavy atom. The zero-order valence-corrected chi connectivity index (χ0v) is 25.0. The first-order chi connectivity index (χ1) is 22.7. The number of para-hydroxylation sites is 1. The third-order valence-electron chi connectivity index (χ3n) is 9.50. The zero-order valence-electron chi connectivity index (χ0n) is 25.0. The summed E-state index contributed by atoms with van der Waals surface area (Å²) in [6.45, 7) is 0. The minimum Gasteiger partial charge on any atom is -0.454 e. The second kappa shape index (κ2) is 9.46. The van der Waals surface area contributed by atoms with Crippen molar-refractivity contribution in [2.75, 3.05) is 7.05 Å². The van der Waals surface area contributed by atoms with E-state index in [0.717, 1.165) is 44.5 Å². The number of furan rings is 1. The molecule has 2 aliphatic rings. The Morgan fingerprint density at radius 3 is 2.26 bits per heavy atom. The Morgan fingerprint density at radius 2 is 1.35 bits per heavy atom. The molecule has 1 aliphatic carbocycles. The first-order valence-electron chi connectivity index (χ1n) is 15.5. The zero-order chi connectivity index (χ0) is 30.4. The third-order valence-corrected chi connectivity index (χ3v) is 9.50. The number of benzene rings is 6. The standard InChI is InChI=1S/C41H26N4O/c1-45-40(27-18-17-24-9-2-3-10-25(24)19-27)43-39(44-41(45)34-22-42-23-36-38(34)32-14-6-7-16-35(32)46-36)28-20-26-11-8-15-31-29-12-4-5-13-30(29)33(21-28)37(26)31/h2-23,40H,1H3. The molecular formula is C41H26N4O. The highest BCUT2D eigenvalue weighted by Gasteiger charge is 2.30. The van der Waals surface area contributed by atoms with E-state index in [2.05, 4.69) is 120 Å². The van der Waals surface area contributed by atoms with Crippen molar-refractivity contribution in [3.63, 3.8) is 0 Å². The number of aliphatic imine (C=N–C) groups is 2. The Kier molecular flexibility index (Phi) is 5.20. The first kappa shape index (κ1) is 25.3. The smallest absolute Gasteiger partial charge is 0.159 e. The molecule has 0 fully saturated rings. The van der Waals surface area contributed by atoms with Crippen LogP contribution in [-0.2, 0) is 0 Å². The topological polar surface area (TPSA) is 54.0 Å². The monoisotopic (exact) mass is 590 g/mol. The fourth-order valence-electron chi connectivity index (χ4n) is 7.38. The van der Waals surface area contributed by atoms with Gasteiger partial charge in [0.25, 0.3) is 0 Å². The van der Waals surface area contributed by atoms with E-state index < -0.39 is 0 Å². The molecule has 2 aromatic heterocycles. The largest absolute Gasteiger partial charge is 0.454 e. The second-order valence-electron chi connectivity index (χ2n) is 12.1. The average molecular weight is 591 g/mol. The molecule has 0 saturated heterocycles. The summed E-state index contributed by atoms with van der Waals surface area (Å²) in [5.74, 6) is 1.50. The summed E-state index contributed by atoms with van der Waals surface area (Å²) in [7, 11) is 2.07. The number of hydrogen-bond donors (Lipinski definition) is 0. The highest BCUT2D eigenvalue weighted by atomic mass is 16.3. The van der Waals surface area contributed by atoms with Gasteiger partial charge in [-0.3, -0.25) is 4.98 Å². The van der Waals surface area contributed by atoms with Gasteiger partial charge in [0.15, 0.2) is 17.6 Å². The first-order valence-corrected chi connectivity index (χ1v) is 15.5. The summed E-state index contributed by atoms with van der Waals surface area (Å²) < 4.78 is 6.24. The van der Waals surface area contributed by atoms with Crippen LogP contribution in [0.2, 0.25) is 0 Å². The summed E-state index contributed by atoms with van der Waals surface area (Å²) >= 11 is 0. The van der Waals surface area contributed by atoms with Gasteiger partial charge in [-0.15, -0.1) is 0 Å². The van der Waals surface area contributed by atoms with Gasteiger partial charge in [0.05, 0.1) is 6.20 Å². The van der Waals surface area contributed by atoms with Gasteiger partial charge < -0.3 is 9.32 Å². The molecule has 0 bridgehead atoms. The SMILES string of the molecule is CN1C(c2cncc3oc4ccccc4c23)=NC(c2cc3c4c(cccc4c2)-c2ccccc2-3)=NC1c1ccc2ccccc2c1. The number of aromatic nitrogens is 1. The van der Waals surface area contributed by atoms with Gasteiger partial charge in [-0.2, -0.15) is 0 Å². The molecule has 5 nitrogen and oxygen atoms in total. The van der Waals surface area contributed by atoms with E-state index in [4.69, 9.17) is 14.4 Å². The fraction of sp³-hybridized carbons (Fsp3) is 0.0488. The van der Waals surface area contributed by atoms with E-state index in [1.807, 2.05) is 24.4 Å². The lowest BCUT2D eigenvalue weighted by Gasteiger charge is -2.32. The highest BCUT2D eigenvalue weighted by Crippen LogP contribution is 2.48. The second-order valence-corrected chi connectivity index (χ2v) is 12.1. The highest BCUT2D eigenvalue weighted by molar-refractivity contribution is 6.23. The van der Waals surface area contributed by atoms with Gasteiger partial charge in [0, 0.05) is 35.1 Å².